The fourth-order valence-electron chi connectivity index (χ4n) is 0.953. The van der Waals surface area contributed by atoms with Crippen molar-refractivity contribution in [2.24, 2.45) is 0 Å². The molecular weight excluding hydrogens is 242 g/mol. The van der Waals surface area contributed by atoms with Crippen LogP contribution in [0.1, 0.15) is 17.3 Å². The summed E-state index contributed by atoms with van der Waals surface area (Å²) in [6, 6.07) is 7.29. The van der Waals surface area contributed by atoms with Gasteiger partial charge in [0.2, 0.25) is 0 Å². The van der Waals surface area contributed by atoms with Crippen molar-refractivity contribution >= 4 is 21.8 Å². The van der Waals surface area contributed by atoms with E-state index in [1.807, 2.05) is 18.2 Å². The zero-order valence-corrected chi connectivity index (χ0v) is 9.39. The molecule has 1 aromatic carbocycles. The molecule has 0 saturated heterocycles. The van der Waals surface area contributed by atoms with E-state index in [-0.39, 0.29) is 5.91 Å². The summed E-state index contributed by atoms with van der Waals surface area (Å²) in [5, 5.41) is 2.70. The summed E-state index contributed by atoms with van der Waals surface area (Å²) in [5.74, 6) is 5.37. The summed E-state index contributed by atoms with van der Waals surface area (Å²) >= 11 is 3.31. The Kier molecular flexibility index (Phi) is 4.21. The number of halogens is 1. The Morgan fingerprint density at radius 2 is 2.21 bits per heavy atom. The highest BCUT2D eigenvalue weighted by Crippen LogP contribution is 2.15. The van der Waals surface area contributed by atoms with Crippen LogP contribution in [-0.2, 0) is 0 Å². The van der Waals surface area contributed by atoms with Crippen LogP contribution < -0.4 is 5.32 Å². The lowest BCUT2D eigenvalue weighted by atomic mass is 10.2. The summed E-state index contributed by atoms with van der Waals surface area (Å²) in [4.78, 5) is 11.5. The molecule has 0 radical (unpaired) electrons. The second-order valence-corrected chi connectivity index (χ2v) is 3.44. The molecule has 0 aliphatic carbocycles. The first-order chi connectivity index (χ1) is 6.75. The largest absolute Gasteiger partial charge is 0.341 e. The first-order valence-corrected chi connectivity index (χ1v) is 4.97. The lowest BCUT2D eigenvalue weighted by Crippen LogP contribution is -2.23. The summed E-state index contributed by atoms with van der Waals surface area (Å²) in [6.07, 6.45) is 0. The van der Waals surface area contributed by atoms with Crippen molar-refractivity contribution < 1.29 is 4.79 Å². The van der Waals surface area contributed by atoms with Crippen LogP contribution in [0.5, 0.6) is 0 Å². The zero-order chi connectivity index (χ0) is 10.4. The van der Waals surface area contributed by atoms with Crippen LogP contribution in [0.15, 0.2) is 28.7 Å². The molecule has 0 spiro atoms. The number of benzene rings is 1. The van der Waals surface area contributed by atoms with E-state index in [1.165, 1.54) is 0 Å². The fraction of sp³-hybridized carbons (Fsp3) is 0.182. The van der Waals surface area contributed by atoms with Gasteiger partial charge in [0.25, 0.3) is 5.91 Å². The third kappa shape index (κ3) is 2.90. The minimum atomic E-state index is -0.111. The summed E-state index contributed by atoms with van der Waals surface area (Å²) in [6.45, 7) is 2.13. The Morgan fingerprint density at radius 3 is 2.86 bits per heavy atom. The second-order valence-electron chi connectivity index (χ2n) is 2.59. The minimum Gasteiger partial charge on any atom is -0.341 e. The second kappa shape index (κ2) is 5.46. The van der Waals surface area contributed by atoms with Gasteiger partial charge in [-0.15, -0.1) is 5.92 Å². The first kappa shape index (κ1) is 10.8. The molecule has 1 aromatic rings. The molecule has 0 bridgehead atoms. The summed E-state index contributed by atoms with van der Waals surface area (Å²) in [7, 11) is 0. The number of hydrogen-bond acceptors (Lipinski definition) is 1. The van der Waals surface area contributed by atoms with E-state index in [1.54, 1.807) is 13.0 Å². The third-order valence-corrected chi connectivity index (χ3v) is 2.32. The van der Waals surface area contributed by atoms with Crippen LogP contribution in [0.25, 0.3) is 0 Å². The number of nitrogens with one attached hydrogen (secondary N) is 1. The van der Waals surface area contributed by atoms with Gasteiger partial charge in [0.1, 0.15) is 0 Å². The molecule has 0 aliphatic rings. The normalized spacial score (nSPS) is 8.71. The summed E-state index contributed by atoms with van der Waals surface area (Å²) < 4.78 is 0.793. The van der Waals surface area contributed by atoms with E-state index < -0.39 is 0 Å². The van der Waals surface area contributed by atoms with E-state index in [2.05, 4.69) is 33.1 Å². The quantitative estimate of drug-likeness (QED) is 0.803. The van der Waals surface area contributed by atoms with Crippen LogP contribution in [0.2, 0.25) is 0 Å². The van der Waals surface area contributed by atoms with Crippen molar-refractivity contribution in [2.45, 2.75) is 6.92 Å². The van der Waals surface area contributed by atoms with Crippen molar-refractivity contribution in [1.82, 2.24) is 5.32 Å². The molecule has 0 heterocycles. The maximum Gasteiger partial charge on any atom is 0.253 e. The van der Waals surface area contributed by atoms with Gasteiger partial charge in [-0.1, -0.05) is 18.1 Å². The van der Waals surface area contributed by atoms with Gasteiger partial charge in [0, 0.05) is 4.47 Å². The third-order valence-electron chi connectivity index (χ3n) is 1.63. The van der Waals surface area contributed by atoms with E-state index in [0.29, 0.717) is 12.1 Å². The highest BCUT2D eigenvalue weighted by atomic mass is 79.9. The topological polar surface area (TPSA) is 29.1 Å². The van der Waals surface area contributed by atoms with Gasteiger partial charge in [0.05, 0.1) is 12.1 Å². The van der Waals surface area contributed by atoms with Gasteiger partial charge < -0.3 is 5.32 Å². The van der Waals surface area contributed by atoms with Crippen LogP contribution in [0.4, 0.5) is 0 Å². The molecule has 1 rings (SSSR count). The fourth-order valence-corrected chi connectivity index (χ4v) is 1.42. The standard InChI is InChI=1S/C11H10BrNO/c1-2-3-8-13-11(14)9-6-4-5-7-10(9)12/h4-7H,8H2,1H3,(H,13,14). The molecule has 0 aliphatic heterocycles. The number of amides is 1. The molecule has 0 unspecified atom stereocenters. The molecule has 0 saturated carbocycles. The molecule has 1 amide bonds. The predicted molar refractivity (Wildman–Crippen MR) is 59.9 cm³/mol. The Morgan fingerprint density at radius 1 is 1.50 bits per heavy atom. The van der Waals surface area contributed by atoms with Crippen molar-refractivity contribution in [3.63, 3.8) is 0 Å². The van der Waals surface area contributed by atoms with Gasteiger partial charge in [-0.25, -0.2) is 0 Å². The highest BCUT2D eigenvalue weighted by Gasteiger charge is 2.06. The SMILES string of the molecule is CC#CCNC(=O)c1ccccc1Br. The maximum absolute atomic E-state index is 11.5. The van der Waals surface area contributed by atoms with Gasteiger partial charge in [0.15, 0.2) is 0 Å². The smallest absolute Gasteiger partial charge is 0.253 e. The Hall–Kier alpha value is -1.27. The first-order valence-electron chi connectivity index (χ1n) is 4.18. The Balaban J connectivity index is 2.68. The van der Waals surface area contributed by atoms with Gasteiger partial charge in [-0.2, -0.15) is 0 Å². The van der Waals surface area contributed by atoms with Crippen molar-refractivity contribution in [1.29, 1.82) is 0 Å². The molecule has 1 N–H and O–H groups in total. The maximum atomic E-state index is 11.5. The lowest BCUT2D eigenvalue weighted by molar-refractivity contribution is 0.0958. The van der Waals surface area contributed by atoms with Crippen molar-refractivity contribution in [2.75, 3.05) is 6.54 Å². The van der Waals surface area contributed by atoms with Crippen LogP contribution in [0, 0.1) is 11.8 Å². The molecule has 14 heavy (non-hydrogen) atoms. The number of carbonyl (C=O) groups is 1. The van der Waals surface area contributed by atoms with E-state index >= 15 is 0 Å². The van der Waals surface area contributed by atoms with E-state index in [4.69, 9.17) is 0 Å². The van der Waals surface area contributed by atoms with Gasteiger partial charge in [-0.05, 0) is 35.0 Å². The molecule has 0 aromatic heterocycles. The van der Waals surface area contributed by atoms with E-state index in [9.17, 15) is 4.79 Å². The molecule has 0 atom stereocenters. The lowest BCUT2D eigenvalue weighted by Gasteiger charge is -2.02. The molecule has 2 nitrogen and oxygen atoms in total. The molecule has 3 heteroatoms. The number of hydrogen-bond donors (Lipinski definition) is 1. The Bertz CT molecular complexity index is 390. The molecule has 72 valence electrons. The van der Waals surface area contributed by atoms with Crippen molar-refractivity contribution in [3.05, 3.63) is 34.3 Å². The average molecular weight is 252 g/mol. The van der Waals surface area contributed by atoms with Crippen molar-refractivity contribution in [3.8, 4) is 11.8 Å². The van der Waals surface area contributed by atoms with Gasteiger partial charge >= 0.3 is 0 Å². The van der Waals surface area contributed by atoms with E-state index in [0.717, 1.165) is 4.47 Å². The zero-order valence-electron chi connectivity index (χ0n) is 7.80. The van der Waals surface area contributed by atoms with Gasteiger partial charge in [-0.3, -0.25) is 4.79 Å². The van der Waals surface area contributed by atoms with Crippen LogP contribution in [-0.4, -0.2) is 12.5 Å². The number of carbonyl (C=O) groups excluding carboxylic acids is 1. The molecular formula is C11H10BrNO. The predicted octanol–water partition coefficient (Wildman–Crippen LogP) is 2.20. The van der Waals surface area contributed by atoms with Crippen LogP contribution in [0.3, 0.4) is 0 Å². The monoisotopic (exact) mass is 251 g/mol. The number of rotatable bonds is 2. The highest BCUT2D eigenvalue weighted by molar-refractivity contribution is 9.10. The minimum absolute atomic E-state index is 0.111. The summed E-state index contributed by atoms with van der Waals surface area (Å²) in [5.41, 5.74) is 0.630. The average Bonchev–Trinajstić information content (AvgIpc) is 2.18. The Labute approximate surface area is 91.8 Å². The van der Waals surface area contributed by atoms with Crippen LogP contribution >= 0.6 is 15.9 Å². The molecule has 0 fully saturated rings.